The summed E-state index contributed by atoms with van der Waals surface area (Å²) in [6, 6.07) is 2.06. The molecule has 1 aromatic rings. The average Bonchev–Trinajstić information content (AvgIpc) is 3.23. The zero-order valence-electron chi connectivity index (χ0n) is 11.1. The zero-order valence-corrected chi connectivity index (χ0v) is 12.6. The van der Waals surface area contributed by atoms with Crippen LogP contribution < -0.4 is 4.72 Å². The third-order valence-corrected chi connectivity index (χ3v) is 5.41. The van der Waals surface area contributed by atoms with Gasteiger partial charge in [0.05, 0.1) is 16.5 Å². The van der Waals surface area contributed by atoms with Gasteiger partial charge in [0.2, 0.25) is 10.0 Å². The minimum atomic E-state index is -3.79. The first-order chi connectivity index (χ1) is 9.35. The third kappa shape index (κ3) is 3.49. The molecule has 0 aliphatic heterocycles. The second-order valence-corrected chi connectivity index (χ2v) is 7.35. The predicted molar refractivity (Wildman–Crippen MR) is 74.4 cm³/mol. The van der Waals surface area contributed by atoms with Crippen molar-refractivity contribution in [2.45, 2.75) is 31.3 Å². The number of hydrogen-bond acceptors (Lipinski definition) is 3. The summed E-state index contributed by atoms with van der Waals surface area (Å²) in [5, 5.41) is 8.81. The van der Waals surface area contributed by atoms with E-state index in [0.29, 0.717) is 12.5 Å². The molecule has 0 aromatic heterocycles. The van der Waals surface area contributed by atoms with Crippen LogP contribution in [0, 0.1) is 17.7 Å². The first kappa shape index (κ1) is 15.7. The summed E-state index contributed by atoms with van der Waals surface area (Å²) < 4.78 is 40.3. The van der Waals surface area contributed by atoms with Crippen molar-refractivity contribution in [2.24, 2.45) is 11.8 Å². The van der Waals surface area contributed by atoms with Crippen LogP contribution in [-0.2, 0) is 16.6 Å². The number of nitrogens with one attached hydrogen (secondary N) is 1. The summed E-state index contributed by atoms with van der Waals surface area (Å²) in [6.07, 6.45) is 2.26. The molecular weight excluding hydrogens is 305 g/mol. The average molecular weight is 322 g/mol. The van der Waals surface area contributed by atoms with Gasteiger partial charge in [-0.1, -0.05) is 18.5 Å². The standard InChI is InChI=1S/C13H17ClFNO3S/c1-8(9-2-3-9)6-16-20(18,19)11-4-10(7-17)13(14)12(15)5-11/h4-5,8-9,16-17H,2-3,6-7H2,1H3. The molecule has 0 spiro atoms. The summed E-state index contributed by atoms with van der Waals surface area (Å²) in [5.41, 5.74) is 0.0577. The monoisotopic (exact) mass is 321 g/mol. The van der Waals surface area contributed by atoms with Crippen molar-refractivity contribution in [2.75, 3.05) is 6.54 Å². The second kappa shape index (κ2) is 5.97. The van der Waals surface area contributed by atoms with E-state index in [4.69, 9.17) is 16.7 Å². The fourth-order valence-electron chi connectivity index (χ4n) is 2.05. The van der Waals surface area contributed by atoms with E-state index in [1.807, 2.05) is 6.92 Å². The zero-order chi connectivity index (χ0) is 14.9. The van der Waals surface area contributed by atoms with Gasteiger partial charge in [-0.2, -0.15) is 0 Å². The van der Waals surface area contributed by atoms with Crippen LogP contribution in [0.25, 0.3) is 0 Å². The number of aliphatic hydroxyl groups is 1. The van der Waals surface area contributed by atoms with Gasteiger partial charge in [0, 0.05) is 12.1 Å². The Morgan fingerprint density at radius 3 is 2.70 bits per heavy atom. The highest BCUT2D eigenvalue weighted by molar-refractivity contribution is 7.89. The van der Waals surface area contributed by atoms with Crippen LogP contribution in [0.2, 0.25) is 5.02 Å². The fourth-order valence-corrected chi connectivity index (χ4v) is 3.42. The summed E-state index contributed by atoms with van der Waals surface area (Å²) in [6.45, 7) is 1.80. The van der Waals surface area contributed by atoms with Gasteiger partial charge in [0.15, 0.2) is 0 Å². The molecule has 1 aromatic carbocycles. The van der Waals surface area contributed by atoms with Gasteiger partial charge in [-0.3, -0.25) is 0 Å². The first-order valence-electron chi connectivity index (χ1n) is 6.43. The van der Waals surface area contributed by atoms with Crippen molar-refractivity contribution >= 4 is 21.6 Å². The van der Waals surface area contributed by atoms with Crippen LogP contribution in [0.3, 0.4) is 0 Å². The molecule has 2 rings (SSSR count). The molecule has 2 N–H and O–H groups in total. The number of sulfonamides is 1. The van der Waals surface area contributed by atoms with Crippen LogP contribution in [0.4, 0.5) is 4.39 Å². The summed E-state index contributed by atoms with van der Waals surface area (Å²) in [5.74, 6) is -0.0132. The number of aliphatic hydroxyl groups excluding tert-OH is 1. The van der Waals surface area contributed by atoms with E-state index in [-0.39, 0.29) is 21.4 Å². The Bertz CT molecular complexity index is 602. The highest BCUT2D eigenvalue weighted by atomic mass is 35.5. The lowest BCUT2D eigenvalue weighted by Gasteiger charge is -2.13. The molecule has 0 saturated heterocycles. The van der Waals surface area contributed by atoms with Crippen LogP contribution in [-0.4, -0.2) is 20.1 Å². The minimum absolute atomic E-state index is 0.0577. The number of hydrogen-bond donors (Lipinski definition) is 2. The van der Waals surface area contributed by atoms with Gasteiger partial charge in [-0.15, -0.1) is 0 Å². The maximum Gasteiger partial charge on any atom is 0.240 e. The maximum absolute atomic E-state index is 13.6. The van der Waals surface area contributed by atoms with Crippen molar-refractivity contribution in [1.29, 1.82) is 0 Å². The first-order valence-corrected chi connectivity index (χ1v) is 8.29. The molecule has 1 unspecified atom stereocenters. The molecular formula is C13H17ClFNO3S. The normalized spacial score (nSPS) is 17.2. The molecule has 1 aliphatic rings. The summed E-state index contributed by atoms with van der Waals surface area (Å²) in [7, 11) is -3.79. The van der Waals surface area contributed by atoms with E-state index < -0.39 is 22.4 Å². The highest BCUT2D eigenvalue weighted by Gasteiger charge is 2.29. The van der Waals surface area contributed by atoms with E-state index >= 15 is 0 Å². The van der Waals surface area contributed by atoms with E-state index in [2.05, 4.69) is 4.72 Å². The van der Waals surface area contributed by atoms with E-state index in [0.717, 1.165) is 18.9 Å². The number of halogens is 2. The lowest BCUT2D eigenvalue weighted by atomic mass is 10.1. The van der Waals surface area contributed by atoms with Crippen LogP contribution in [0.5, 0.6) is 0 Å². The molecule has 1 aliphatic carbocycles. The molecule has 0 radical (unpaired) electrons. The molecule has 0 bridgehead atoms. The lowest BCUT2D eigenvalue weighted by Crippen LogP contribution is -2.29. The van der Waals surface area contributed by atoms with Crippen molar-refractivity contribution in [3.8, 4) is 0 Å². The topological polar surface area (TPSA) is 66.4 Å². The third-order valence-electron chi connectivity index (χ3n) is 3.58. The highest BCUT2D eigenvalue weighted by Crippen LogP contribution is 2.36. The number of rotatable bonds is 6. The smallest absolute Gasteiger partial charge is 0.240 e. The summed E-state index contributed by atoms with van der Waals surface area (Å²) >= 11 is 5.64. The Morgan fingerprint density at radius 2 is 2.15 bits per heavy atom. The molecule has 0 amide bonds. The van der Waals surface area contributed by atoms with Crippen LogP contribution in [0.15, 0.2) is 17.0 Å². The van der Waals surface area contributed by atoms with Crippen molar-refractivity contribution in [3.05, 3.63) is 28.5 Å². The SMILES string of the molecule is CC(CNS(=O)(=O)c1cc(F)c(Cl)c(CO)c1)C1CC1. The van der Waals surface area contributed by atoms with Gasteiger partial charge in [0.25, 0.3) is 0 Å². The van der Waals surface area contributed by atoms with E-state index in [9.17, 15) is 12.8 Å². The maximum atomic E-state index is 13.6. The van der Waals surface area contributed by atoms with E-state index in [1.165, 1.54) is 6.07 Å². The second-order valence-electron chi connectivity index (χ2n) is 5.20. The Morgan fingerprint density at radius 1 is 1.50 bits per heavy atom. The van der Waals surface area contributed by atoms with Crippen molar-refractivity contribution in [3.63, 3.8) is 0 Å². The molecule has 1 saturated carbocycles. The Kier molecular flexibility index (Phi) is 4.69. The Hall–Kier alpha value is -0.690. The lowest BCUT2D eigenvalue weighted by molar-refractivity contribution is 0.281. The fraction of sp³-hybridized carbons (Fsp3) is 0.538. The predicted octanol–water partition coefficient (Wildman–Crippen LogP) is 2.30. The van der Waals surface area contributed by atoms with Crippen LogP contribution in [0.1, 0.15) is 25.3 Å². The molecule has 20 heavy (non-hydrogen) atoms. The number of benzene rings is 1. The largest absolute Gasteiger partial charge is 0.392 e. The molecule has 1 atom stereocenters. The minimum Gasteiger partial charge on any atom is -0.392 e. The summed E-state index contributed by atoms with van der Waals surface area (Å²) in [4.78, 5) is -0.216. The van der Waals surface area contributed by atoms with Gasteiger partial charge in [-0.05, 0) is 36.8 Å². The Balaban J connectivity index is 2.18. The quantitative estimate of drug-likeness (QED) is 0.845. The van der Waals surface area contributed by atoms with Crippen molar-refractivity contribution in [1.82, 2.24) is 4.72 Å². The van der Waals surface area contributed by atoms with Crippen molar-refractivity contribution < 1.29 is 17.9 Å². The van der Waals surface area contributed by atoms with Crippen LogP contribution >= 0.6 is 11.6 Å². The molecule has 4 nitrogen and oxygen atoms in total. The van der Waals surface area contributed by atoms with E-state index in [1.54, 1.807) is 0 Å². The van der Waals surface area contributed by atoms with Gasteiger partial charge < -0.3 is 5.11 Å². The Labute approximate surface area is 123 Å². The van der Waals surface area contributed by atoms with Gasteiger partial charge in [-0.25, -0.2) is 17.5 Å². The molecule has 0 heterocycles. The van der Waals surface area contributed by atoms with Gasteiger partial charge >= 0.3 is 0 Å². The molecule has 112 valence electrons. The van der Waals surface area contributed by atoms with Gasteiger partial charge in [0.1, 0.15) is 5.82 Å². The molecule has 7 heteroatoms. The molecule has 1 fully saturated rings.